The van der Waals surface area contributed by atoms with Gasteiger partial charge in [0.1, 0.15) is 5.82 Å². The summed E-state index contributed by atoms with van der Waals surface area (Å²) in [6.07, 6.45) is 0. The van der Waals surface area contributed by atoms with E-state index in [1.165, 1.54) is 6.07 Å². The van der Waals surface area contributed by atoms with Crippen molar-refractivity contribution in [2.75, 3.05) is 40.4 Å². The molecule has 102 valence electrons. The lowest BCUT2D eigenvalue weighted by Crippen LogP contribution is -2.31. The first-order valence-corrected chi connectivity index (χ1v) is 6.75. The highest BCUT2D eigenvalue weighted by molar-refractivity contribution is 9.10. The summed E-state index contributed by atoms with van der Waals surface area (Å²) in [7, 11) is 3.74. The Labute approximate surface area is 116 Å². The van der Waals surface area contributed by atoms with Crippen molar-refractivity contribution in [2.45, 2.75) is 6.54 Å². The zero-order chi connectivity index (χ0) is 13.4. The van der Waals surface area contributed by atoms with Crippen LogP contribution in [0.2, 0.25) is 0 Å². The second-order valence-corrected chi connectivity index (χ2v) is 5.12. The molecule has 0 saturated heterocycles. The van der Waals surface area contributed by atoms with Crippen LogP contribution in [0.1, 0.15) is 5.56 Å². The first-order valence-electron chi connectivity index (χ1n) is 5.95. The van der Waals surface area contributed by atoms with Gasteiger partial charge in [-0.2, -0.15) is 0 Å². The van der Waals surface area contributed by atoms with Crippen LogP contribution in [-0.2, 0) is 11.3 Å². The number of halogens is 2. The molecule has 0 unspecified atom stereocenters. The lowest BCUT2D eigenvalue weighted by Gasteiger charge is -2.16. The number of likely N-dealkylation sites (N-methyl/N-ethyl adjacent to an activating group) is 1. The van der Waals surface area contributed by atoms with E-state index in [1.54, 1.807) is 19.2 Å². The van der Waals surface area contributed by atoms with Gasteiger partial charge in [0.25, 0.3) is 0 Å². The number of methoxy groups -OCH3 is 1. The highest BCUT2D eigenvalue weighted by atomic mass is 79.9. The van der Waals surface area contributed by atoms with Crippen LogP contribution < -0.4 is 5.32 Å². The van der Waals surface area contributed by atoms with Gasteiger partial charge >= 0.3 is 0 Å². The first-order chi connectivity index (χ1) is 8.63. The van der Waals surface area contributed by atoms with Crippen molar-refractivity contribution in [3.63, 3.8) is 0 Å². The molecule has 18 heavy (non-hydrogen) atoms. The molecule has 0 fully saturated rings. The summed E-state index contributed by atoms with van der Waals surface area (Å²) in [5.74, 6) is -0.168. The minimum absolute atomic E-state index is 0.168. The van der Waals surface area contributed by atoms with Gasteiger partial charge in [0.2, 0.25) is 0 Å². The smallest absolute Gasteiger partial charge is 0.127 e. The van der Waals surface area contributed by atoms with Crippen LogP contribution >= 0.6 is 15.9 Å². The van der Waals surface area contributed by atoms with Crippen molar-refractivity contribution in [3.8, 4) is 0 Å². The van der Waals surface area contributed by atoms with E-state index >= 15 is 0 Å². The maximum Gasteiger partial charge on any atom is 0.127 e. The predicted molar refractivity (Wildman–Crippen MR) is 75.2 cm³/mol. The van der Waals surface area contributed by atoms with Crippen LogP contribution in [0.3, 0.4) is 0 Å². The summed E-state index contributed by atoms with van der Waals surface area (Å²) in [4.78, 5) is 2.17. The standard InChI is InChI=1S/C13H20BrFN2O/c1-17(7-8-18-2)6-5-16-10-11-9-12(14)3-4-13(11)15/h3-4,9,16H,5-8,10H2,1-2H3. The summed E-state index contributed by atoms with van der Waals surface area (Å²) < 4.78 is 19.3. The van der Waals surface area contributed by atoms with E-state index in [2.05, 4.69) is 26.1 Å². The molecule has 3 nitrogen and oxygen atoms in total. The molecule has 0 aliphatic carbocycles. The van der Waals surface area contributed by atoms with Crippen LogP contribution in [0.15, 0.2) is 22.7 Å². The highest BCUT2D eigenvalue weighted by Crippen LogP contribution is 2.15. The first kappa shape index (κ1) is 15.6. The lowest BCUT2D eigenvalue weighted by atomic mass is 10.2. The van der Waals surface area contributed by atoms with Crippen molar-refractivity contribution in [2.24, 2.45) is 0 Å². The molecule has 0 amide bonds. The second-order valence-electron chi connectivity index (χ2n) is 4.21. The third-order valence-corrected chi connectivity index (χ3v) is 3.16. The van der Waals surface area contributed by atoms with E-state index in [-0.39, 0.29) is 5.82 Å². The Hall–Kier alpha value is -0.490. The Kier molecular flexibility index (Phi) is 7.42. The van der Waals surface area contributed by atoms with Crippen molar-refractivity contribution >= 4 is 15.9 Å². The van der Waals surface area contributed by atoms with Gasteiger partial charge in [0, 0.05) is 43.3 Å². The third kappa shape index (κ3) is 5.91. The summed E-state index contributed by atoms with van der Waals surface area (Å²) in [6, 6.07) is 4.99. The molecule has 0 bridgehead atoms. The molecule has 0 aliphatic rings. The van der Waals surface area contributed by atoms with Crippen molar-refractivity contribution in [1.82, 2.24) is 10.2 Å². The SMILES string of the molecule is COCCN(C)CCNCc1cc(Br)ccc1F. The number of rotatable bonds is 8. The Bertz CT molecular complexity index is 363. The van der Waals surface area contributed by atoms with Crippen LogP contribution in [0.5, 0.6) is 0 Å². The number of nitrogens with one attached hydrogen (secondary N) is 1. The number of benzene rings is 1. The largest absolute Gasteiger partial charge is 0.383 e. The van der Waals surface area contributed by atoms with Gasteiger partial charge < -0.3 is 15.0 Å². The van der Waals surface area contributed by atoms with Crippen LogP contribution in [0.4, 0.5) is 4.39 Å². The van der Waals surface area contributed by atoms with E-state index in [1.807, 2.05) is 7.05 Å². The van der Waals surface area contributed by atoms with Gasteiger partial charge in [-0.15, -0.1) is 0 Å². The Morgan fingerprint density at radius 1 is 1.39 bits per heavy atom. The Morgan fingerprint density at radius 3 is 2.89 bits per heavy atom. The number of nitrogens with zero attached hydrogens (tertiary/aromatic N) is 1. The summed E-state index contributed by atoms with van der Waals surface area (Å²) in [5.41, 5.74) is 0.684. The quantitative estimate of drug-likeness (QED) is 0.744. The van der Waals surface area contributed by atoms with Gasteiger partial charge in [0.05, 0.1) is 6.61 Å². The second kappa shape index (κ2) is 8.58. The topological polar surface area (TPSA) is 24.5 Å². The Balaban J connectivity index is 2.23. The summed E-state index contributed by atoms with van der Waals surface area (Å²) in [6.45, 7) is 3.93. The van der Waals surface area contributed by atoms with Gasteiger partial charge in [0.15, 0.2) is 0 Å². The number of ether oxygens (including phenoxy) is 1. The maximum absolute atomic E-state index is 13.4. The van der Waals surface area contributed by atoms with Gasteiger partial charge in [-0.1, -0.05) is 15.9 Å². The maximum atomic E-state index is 13.4. The van der Waals surface area contributed by atoms with E-state index in [4.69, 9.17) is 4.74 Å². The van der Waals surface area contributed by atoms with Gasteiger partial charge in [-0.25, -0.2) is 4.39 Å². The normalized spacial score (nSPS) is 11.2. The van der Waals surface area contributed by atoms with Crippen LogP contribution in [0, 0.1) is 5.82 Å². The lowest BCUT2D eigenvalue weighted by molar-refractivity contribution is 0.161. The molecule has 1 aromatic carbocycles. The van der Waals surface area contributed by atoms with Crippen molar-refractivity contribution < 1.29 is 9.13 Å². The van der Waals surface area contributed by atoms with Crippen molar-refractivity contribution in [3.05, 3.63) is 34.1 Å². The molecule has 0 atom stereocenters. The van der Waals surface area contributed by atoms with E-state index in [0.29, 0.717) is 12.1 Å². The van der Waals surface area contributed by atoms with E-state index in [0.717, 1.165) is 30.7 Å². The molecule has 1 aromatic rings. The van der Waals surface area contributed by atoms with Crippen molar-refractivity contribution in [1.29, 1.82) is 0 Å². The molecular formula is C13H20BrFN2O. The number of hydrogen-bond acceptors (Lipinski definition) is 3. The molecule has 0 saturated carbocycles. The molecule has 5 heteroatoms. The van der Waals surface area contributed by atoms with Gasteiger partial charge in [-0.05, 0) is 25.2 Å². The fraction of sp³-hybridized carbons (Fsp3) is 0.538. The highest BCUT2D eigenvalue weighted by Gasteiger charge is 2.02. The summed E-state index contributed by atoms with van der Waals surface area (Å²) in [5, 5.41) is 3.23. The fourth-order valence-electron chi connectivity index (χ4n) is 1.53. The Morgan fingerprint density at radius 2 is 2.17 bits per heavy atom. The van der Waals surface area contributed by atoms with Gasteiger partial charge in [-0.3, -0.25) is 0 Å². The minimum Gasteiger partial charge on any atom is -0.383 e. The molecule has 1 N–H and O–H groups in total. The molecule has 0 aromatic heterocycles. The molecule has 0 aliphatic heterocycles. The molecule has 0 heterocycles. The summed E-state index contributed by atoms with van der Waals surface area (Å²) >= 11 is 3.34. The fourth-order valence-corrected chi connectivity index (χ4v) is 1.94. The molecule has 0 radical (unpaired) electrons. The minimum atomic E-state index is -0.168. The van der Waals surface area contributed by atoms with E-state index < -0.39 is 0 Å². The van der Waals surface area contributed by atoms with E-state index in [9.17, 15) is 4.39 Å². The third-order valence-electron chi connectivity index (χ3n) is 2.67. The predicted octanol–water partition coefficient (Wildman–Crippen LogP) is 2.26. The zero-order valence-corrected chi connectivity index (χ0v) is 12.5. The van der Waals surface area contributed by atoms with Crippen LogP contribution in [0.25, 0.3) is 0 Å². The average Bonchev–Trinajstić information content (AvgIpc) is 2.36. The monoisotopic (exact) mass is 318 g/mol. The number of hydrogen-bond donors (Lipinski definition) is 1. The molecular weight excluding hydrogens is 299 g/mol. The van der Waals surface area contributed by atoms with Crippen LogP contribution in [-0.4, -0.2) is 45.3 Å². The molecule has 0 spiro atoms. The average molecular weight is 319 g/mol. The molecule has 1 rings (SSSR count). The zero-order valence-electron chi connectivity index (χ0n) is 10.9.